The summed E-state index contributed by atoms with van der Waals surface area (Å²) >= 11 is 0. The van der Waals surface area contributed by atoms with E-state index in [-0.39, 0.29) is 11.8 Å². The van der Waals surface area contributed by atoms with E-state index in [1.165, 1.54) is 12.8 Å². The third kappa shape index (κ3) is 4.86. The number of nitrogens with zero attached hydrogens (tertiary/aromatic N) is 1. The maximum absolute atomic E-state index is 12.5. The monoisotopic (exact) mass is 366 g/mol. The number of carbonyl (C=O) groups excluding carboxylic acids is 2. The van der Waals surface area contributed by atoms with E-state index in [0.29, 0.717) is 12.1 Å². The lowest BCUT2D eigenvalue weighted by Gasteiger charge is -2.19. The molecule has 2 aromatic carbocycles. The Kier molecular flexibility index (Phi) is 6.08. The fraction of sp³-hybridized carbons (Fsp3) is 0.333. The predicted molar refractivity (Wildman–Crippen MR) is 108 cm³/mol. The average Bonchev–Trinajstić information content (AvgIpc) is 3.23. The number of hydrogen-bond donors (Lipinski definition) is 3. The van der Waals surface area contributed by atoms with Crippen LogP contribution in [0.4, 0.5) is 11.4 Å². The molecule has 1 atom stereocenters. The van der Waals surface area contributed by atoms with Crippen molar-refractivity contribution in [2.75, 3.05) is 23.3 Å². The van der Waals surface area contributed by atoms with E-state index < -0.39 is 6.04 Å². The van der Waals surface area contributed by atoms with E-state index in [1.54, 1.807) is 19.1 Å². The van der Waals surface area contributed by atoms with Gasteiger partial charge in [0, 0.05) is 36.6 Å². The normalized spacial score (nSPS) is 14.7. The minimum atomic E-state index is -0.651. The van der Waals surface area contributed by atoms with Crippen molar-refractivity contribution in [3.8, 4) is 0 Å². The van der Waals surface area contributed by atoms with Crippen LogP contribution >= 0.6 is 0 Å². The summed E-state index contributed by atoms with van der Waals surface area (Å²) < 4.78 is 0. The highest BCUT2D eigenvalue weighted by molar-refractivity contribution is 6.01. The van der Waals surface area contributed by atoms with Gasteiger partial charge in [-0.1, -0.05) is 18.2 Å². The number of anilines is 2. The van der Waals surface area contributed by atoms with Crippen molar-refractivity contribution in [1.29, 1.82) is 0 Å². The lowest BCUT2D eigenvalue weighted by Crippen LogP contribution is -2.41. The van der Waals surface area contributed by atoms with Gasteiger partial charge in [0.1, 0.15) is 6.04 Å². The Labute approximate surface area is 159 Å². The fourth-order valence-corrected chi connectivity index (χ4v) is 3.14. The van der Waals surface area contributed by atoms with Gasteiger partial charge in [0.15, 0.2) is 0 Å². The van der Waals surface area contributed by atoms with Crippen LogP contribution in [0.3, 0.4) is 0 Å². The molecule has 27 heavy (non-hydrogen) atoms. The molecule has 0 aromatic heterocycles. The van der Waals surface area contributed by atoms with E-state index in [4.69, 9.17) is 5.73 Å². The Morgan fingerprint density at radius 1 is 1.11 bits per heavy atom. The SMILES string of the molecule is CC(NC(=O)c1ccc(CN)cc1)C(=O)Nc1cccc(N2CCCC2)c1. The summed E-state index contributed by atoms with van der Waals surface area (Å²) in [6, 6.07) is 14.2. The summed E-state index contributed by atoms with van der Waals surface area (Å²) in [4.78, 5) is 27.1. The molecule has 142 valence electrons. The standard InChI is InChI=1S/C21H26N4O2/c1-15(23-21(27)17-9-7-16(14-22)8-10-17)20(26)24-18-5-4-6-19(13-18)25-11-2-3-12-25/h4-10,13,15H,2-3,11-12,14,22H2,1H3,(H,23,27)(H,24,26). The van der Waals surface area contributed by atoms with E-state index in [0.717, 1.165) is 30.0 Å². The van der Waals surface area contributed by atoms with Crippen LogP contribution in [0.1, 0.15) is 35.7 Å². The molecule has 6 heteroatoms. The molecule has 2 amide bonds. The Hall–Kier alpha value is -2.86. The number of benzene rings is 2. The highest BCUT2D eigenvalue weighted by Gasteiger charge is 2.18. The largest absolute Gasteiger partial charge is 0.371 e. The zero-order chi connectivity index (χ0) is 19.2. The maximum Gasteiger partial charge on any atom is 0.251 e. The molecule has 6 nitrogen and oxygen atoms in total. The Bertz CT molecular complexity index is 798. The predicted octanol–water partition coefficient (Wildman–Crippen LogP) is 2.50. The van der Waals surface area contributed by atoms with Gasteiger partial charge in [-0.2, -0.15) is 0 Å². The second-order valence-electron chi connectivity index (χ2n) is 6.83. The van der Waals surface area contributed by atoms with Crippen LogP contribution in [-0.2, 0) is 11.3 Å². The summed E-state index contributed by atoms with van der Waals surface area (Å²) in [6.45, 7) is 4.20. The number of rotatable bonds is 6. The first-order valence-electron chi connectivity index (χ1n) is 9.32. The zero-order valence-corrected chi connectivity index (χ0v) is 15.6. The first kappa shape index (κ1) is 18.9. The third-order valence-corrected chi connectivity index (χ3v) is 4.78. The molecule has 1 saturated heterocycles. The molecule has 1 heterocycles. The van der Waals surface area contributed by atoms with Crippen LogP contribution in [0.25, 0.3) is 0 Å². The van der Waals surface area contributed by atoms with Gasteiger partial charge in [-0.15, -0.1) is 0 Å². The number of hydrogen-bond acceptors (Lipinski definition) is 4. The average molecular weight is 366 g/mol. The highest BCUT2D eigenvalue weighted by atomic mass is 16.2. The number of nitrogens with two attached hydrogens (primary N) is 1. The minimum Gasteiger partial charge on any atom is -0.371 e. The van der Waals surface area contributed by atoms with E-state index in [9.17, 15) is 9.59 Å². The second-order valence-corrected chi connectivity index (χ2v) is 6.83. The van der Waals surface area contributed by atoms with Crippen molar-refractivity contribution in [2.24, 2.45) is 5.73 Å². The first-order chi connectivity index (χ1) is 13.1. The highest BCUT2D eigenvalue weighted by Crippen LogP contribution is 2.23. The molecule has 0 aliphatic carbocycles. The molecule has 2 aromatic rings. The van der Waals surface area contributed by atoms with E-state index in [1.807, 2.05) is 30.3 Å². The van der Waals surface area contributed by atoms with Crippen LogP contribution in [0.15, 0.2) is 48.5 Å². The van der Waals surface area contributed by atoms with Gasteiger partial charge in [0.2, 0.25) is 5.91 Å². The van der Waals surface area contributed by atoms with Gasteiger partial charge in [0.05, 0.1) is 0 Å². The van der Waals surface area contributed by atoms with Gasteiger partial charge in [-0.3, -0.25) is 9.59 Å². The topological polar surface area (TPSA) is 87.5 Å². The van der Waals surface area contributed by atoms with Crippen LogP contribution in [-0.4, -0.2) is 30.9 Å². The van der Waals surface area contributed by atoms with Gasteiger partial charge in [-0.25, -0.2) is 0 Å². The molecule has 0 radical (unpaired) electrons. The molecule has 1 unspecified atom stereocenters. The molecular formula is C21H26N4O2. The minimum absolute atomic E-state index is 0.250. The molecule has 4 N–H and O–H groups in total. The lowest BCUT2D eigenvalue weighted by molar-refractivity contribution is -0.117. The summed E-state index contributed by atoms with van der Waals surface area (Å²) in [7, 11) is 0. The third-order valence-electron chi connectivity index (χ3n) is 4.78. The molecule has 0 bridgehead atoms. The fourth-order valence-electron chi connectivity index (χ4n) is 3.14. The van der Waals surface area contributed by atoms with Crippen LogP contribution in [0.5, 0.6) is 0 Å². The summed E-state index contributed by atoms with van der Waals surface area (Å²) in [5.74, 6) is -0.535. The molecule has 1 aliphatic heterocycles. The Morgan fingerprint density at radius 2 is 1.81 bits per heavy atom. The summed E-state index contributed by atoms with van der Waals surface area (Å²) in [6.07, 6.45) is 2.40. The van der Waals surface area contributed by atoms with E-state index >= 15 is 0 Å². The van der Waals surface area contributed by atoms with Crippen molar-refractivity contribution in [3.05, 3.63) is 59.7 Å². The van der Waals surface area contributed by atoms with Crippen molar-refractivity contribution in [2.45, 2.75) is 32.4 Å². The van der Waals surface area contributed by atoms with Gasteiger partial charge in [0.25, 0.3) is 5.91 Å². The van der Waals surface area contributed by atoms with Crippen molar-refractivity contribution in [1.82, 2.24) is 5.32 Å². The molecule has 0 saturated carbocycles. The quantitative estimate of drug-likeness (QED) is 0.733. The molecule has 1 aliphatic rings. The number of nitrogens with one attached hydrogen (secondary N) is 2. The van der Waals surface area contributed by atoms with Crippen molar-refractivity contribution in [3.63, 3.8) is 0 Å². The summed E-state index contributed by atoms with van der Waals surface area (Å²) in [5.41, 5.74) is 8.87. The van der Waals surface area contributed by atoms with Crippen molar-refractivity contribution < 1.29 is 9.59 Å². The van der Waals surface area contributed by atoms with Gasteiger partial charge in [-0.05, 0) is 55.7 Å². The molecule has 0 spiro atoms. The summed E-state index contributed by atoms with van der Waals surface area (Å²) in [5, 5.41) is 5.61. The van der Waals surface area contributed by atoms with Crippen LogP contribution in [0.2, 0.25) is 0 Å². The van der Waals surface area contributed by atoms with Gasteiger partial charge >= 0.3 is 0 Å². The molecule has 3 rings (SSSR count). The molecule has 1 fully saturated rings. The Balaban J connectivity index is 1.58. The lowest BCUT2D eigenvalue weighted by atomic mass is 10.1. The van der Waals surface area contributed by atoms with Crippen LogP contribution in [0, 0.1) is 0 Å². The molecular weight excluding hydrogens is 340 g/mol. The Morgan fingerprint density at radius 3 is 2.48 bits per heavy atom. The zero-order valence-electron chi connectivity index (χ0n) is 15.6. The second kappa shape index (κ2) is 8.68. The van der Waals surface area contributed by atoms with Crippen LogP contribution < -0.4 is 21.3 Å². The maximum atomic E-state index is 12.5. The smallest absolute Gasteiger partial charge is 0.251 e. The van der Waals surface area contributed by atoms with Crippen molar-refractivity contribution >= 4 is 23.2 Å². The number of amides is 2. The number of carbonyl (C=O) groups is 2. The first-order valence-corrected chi connectivity index (χ1v) is 9.32. The van der Waals surface area contributed by atoms with Gasteiger partial charge < -0.3 is 21.3 Å². The van der Waals surface area contributed by atoms with E-state index in [2.05, 4.69) is 21.6 Å².